The van der Waals surface area contributed by atoms with Crippen molar-refractivity contribution in [3.8, 4) is 5.75 Å². The number of nitrogens with one attached hydrogen (secondary N) is 2. The number of hydrogen-bond acceptors (Lipinski definition) is 5. The number of rotatable bonds is 7. The van der Waals surface area contributed by atoms with E-state index in [0.717, 1.165) is 24.3 Å². The van der Waals surface area contributed by atoms with Crippen LogP contribution in [-0.4, -0.2) is 54.5 Å². The van der Waals surface area contributed by atoms with Crippen molar-refractivity contribution in [2.45, 2.75) is 13.0 Å². The van der Waals surface area contributed by atoms with Crippen LogP contribution in [0.1, 0.15) is 28.9 Å². The van der Waals surface area contributed by atoms with Crippen molar-refractivity contribution >= 4 is 23.2 Å². The van der Waals surface area contributed by atoms with E-state index in [4.69, 9.17) is 0 Å². The van der Waals surface area contributed by atoms with Gasteiger partial charge in [0.2, 0.25) is 5.91 Å². The molecular weight excluding hydrogens is 428 g/mol. The molecule has 34 heavy (non-hydrogen) atoms. The average molecular weight is 459 g/mol. The molecule has 1 fully saturated rings. The summed E-state index contributed by atoms with van der Waals surface area (Å²) in [4.78, 5) is 29.9. The maximum Gasteiger partial charge on any atom is 0.253 e. The fourth-order valence-electron chi connectivity index (χ4n) is 4.16. The molecule has 7 nitrogen and oxygen atoms in total. The molecular formula is C27H30N4O3. The number of benzene rings is 3. The second-order valence-electron chi connectivity index (χ2n) is 8.45. The number of aromatic hydroxyl groups is 1. The summed E-state index contributed by atoms with van der Waals surface area (Å²) in [6.07, 6.45) is 0. The quantitative estimate of drug-likeness (QED) is 0.503. The van der Waals surface area contributed by atoms with Gasteiger partial charge in [-0.25, -0.2) is 0 Å². The number of phenolic OH excluding ortho intramolecular Hbond substituents is 1. The summed E-state index contributed by atoms with van der Waals surface area (Å²) in [7, 11) is 0. The summed E-state index contributed by atoms with van der Waals surface area (Å²) in [5.41, 5.74) is 2.76. The van der Waals surface area contributed by atoms with Crippen LogP contribution in [0, 0.1) is 0 Å². The van der Waals surface area contributed by atoms with Crippen LogP contribution in [0.4, 0.5) is 11.4 Å². The highest BCUT2D eigenvalue weighted by molar-refractivity contribution is 6.04. The Hall–Kier alpha value is -3.84. The van der Waals surface area contributed by atoms with Crippen molar-refractivity contribution in [1.82, 2.24) is 10.2 Å². The molecule has 0 aromatic heterocycles. The van der Waals surface area contributed by atoms with Crippen molar-refractivity contribution in [3.05, 3.63) is 90.0 Å². The number of carbonyl (C=O) groups is 2. The fourth-order valence-corrected chi connectivity index (χ4v) is 4.16. The molecule has 3 aromatic rings. The molecule has 0 unspecified atom stereocenters. The van der Waals surface area contributed by atoms with Gasteiger partial charge in [0, 0.05) is 26.2 Å². The van der Waals surface area contributed by atoms with Crippen molar-refractivity contribution in [2.75, 3.05) is 42.9 Å². The second-order valence-corrected chi connectivity index (χ2v) is 8.45. The van der Waals surface area contributed by atoms with Crippen molar-refractivity contribution in [1.29, 1.82) is 0 Å². The van der Waals surface area contributed by atoms with Gasteiger partial charge >= 0.3 is 0 Å². The molecule has 1 aliphatic heterocycles. The molecule has 0 radical (unpaired) electrons. The van der Waals surface area contributed by atoms with E-state index in [2.05, 4.69) is 20.4 Å². The number of para-hydroxylation sites is 3. The average Bonchev–Trinajstić information content (AvgIpc) is 2.85. The molecule has 7 heteroatoms. The molecule has 0 bridgehead atoms. The summed E-state index contributed by atoms with van der Waals surface area (Å²) in [5.74, 6) is -0.124. The maximum atomic E-state index is 12.9. The molecule has 1 heterocycles. The van der Waals surface area contributed by atoms with E-state index in [9.17, 15) is 14.7 Å². The zero-order valence-corrected chi connectivity index (χ0v) is 19.3. The van der Waals surface area contributed by atoms with E-state index >= 15 is 0 Å². The standard InChI is InChI=1S/C27H30N4O3/c1-20(21-9-3-2-4-10-21)28-27(34)22-11-5-6-12-23(22)29-26(33)19-30-15-17-31(18-16-30)24-13-7-8-14-25(24)32/h2-14,20,32H,15-19H2,1H3,(H,28,34)(H,29,33)/t20-/m1/s1. The Morgan fingerprint density at radius 1 is 0.882 bits per heavy atom. The highest BCUT2D eigenvalue weighted by Crippen LogP contribution is 2.27. The summed E-state index contributed by atoms with van der Waals surface area (Å²) >= 11 is 0. The number of hydrogen-bond donors (Lipinski definition) is 3. The Balaban J connectivity index is 1.32. The minimum atomic E-state index is -0.233. The summed E-state index contributed by atoms with van der Waals surface area (Å²) < 4.78 is 0. The van der Waals surface area contributed by atoms with Crippen LogP contribution in [0.25, 0.3) is 0 Å². The van der Waals surface area contributed by atoms with Crippen LogP contribution in [0.15, 0.2) is 78.9 Å². The summed E-state index contributed by atoms with van der Waals surface area (Å²) in [5, 5.41) is 16.0. The molecule has 1 aliphatic rings. The minimum absolute atomic E-state index is 0.155. The van der Waals surface area contributed by atoms with E-state index < -0.39 is 0 Å². The first-order valence-corrected chi connectivity index (χ1v) is 11.5. The van der Waals surface area contributed by atoms with Gasteiger partial charge in [-0.1, -0.05) is 54.6 Å². The SMILES string of the molecule is C[C@@H](NC(=O)c1ccccc1NC(=O)CN1CCN(c2ccccc2O)CC1)c1ccccc1. The molecule has 3 aromatic carbocycles. The van der Waals surface area contributed by atoms with Crippen LogP contribution in [0.5, 0.6) is 5.75 Å². The van der Waals surface area contributed by atoms with Gasteiger partial charge in [0.1, 0.15) is 5.75 Å². The zero-order valence-electron chi connectivity index (χ0n) is 19.3. The van der Waals surface area contributed by atoms with Gasteiger partial charge in [-0.2, -0.15) is 0 Å². The van der Waals surface area contributed by atoms with Crippen molar-refractivity contribution in [2.24, 2.45) is 0 Å². The van der Waals surface area contributed by atoms with E-state index in [1.54, 1.807) is 36.4 Å². The summed E-state index contributed by atoms with van der Waals surface area (Å²) in [6, 6.07) is 24.0. The third-order valence-electron chi connectivity index (χ3n) is 6.05. The zero-order chi connectivity index (χ0) is 23.9. The van der Waals surface area contributed by atoms with Gasteiger partial charge in [0.25, 0.3) is 5.91 Å². The predicted octanol–water partition coefficient (Wildman–Crippen LogP) is 3.64. The lowest BCUT2D eigenvalue weighted by atomic mass is 10.1. The third-order valence-corrected chi connectivity index (χ3v) is 6.05. The van der Waals surface area contributed by atoms with Crippen LogP contribution >= 0.6 is 0 Å². The van der Waals surface area contributed by atoms with E-state index in [1.807, 2.05) is 49.4 Å². The molecule has 1 saturated heterocycles. The Morgan fingerprint density at radius 3 is 2.26 bits per heavy atom. The topological polar surface area (TPSA) is 84.9 Å². The molecule has 0 spiro atoms. The highest BCUT2D eigenvalue weighted by Gasteiger charge is 2.22. The Bertz CT molecular complexity index is 1130. The van der Waals surface area contributed by atoms with Crippen LogP contribution in [-0.2, 0) is 4.79 Å². The molecule has 0 aliphatic carbocycles. The maximum absolute atomic E-state index is 12.9. The van der Waals surface area contributed by atoms with Gasteiger partial charge in [-0.15, -0.1) is 0 Å². The number of carbonyl (C=O) groups excluding carboxylic acids is 2. The van der Waals surface area contributed by atoms with Gasteiger partial charge in [0.15, 0.2) is 0 Å². The lowest BCUT2D eigenvalue weighted by molar-refractivity contribution is -0.117. The number of nitrogens with zero attached hydrogens (tertiary/aromatic N) is 2. The van der Waals surface area contributed by atoms with Crippen molar-refractivity contribution < 1.29 is 14.7 Å². The van der Waals surface area contributed by atoms with E-state index in [1.165, 1.54) is 0 Å². The van der Waals surface area contributed by atoms with Crippen molar-refractivity contribution in [3.63, 3.8) is 0 Å². The lowest BCUT2D eigenvalue weighted by Crippen LogP contribution is -2.48. The predicted molar refractivity (Wildman–Crippen MR) is 134 cm³/mol. The van der Waals surface area contributed by atoms with E-state index in [0.29, 0.717) is 24.3 Å². The Kier molecular flexibility index (Phi) is 7.44. The third kappa shape index (κ3) is 5.74. The Morgan fingerprint density at radius 2 is 1.53 bits per heavy atom. The first kappa shape index (κ1) is 23.3. The van der Waals surface area contributed by atoms with Gasteiger partial charge in [0.05, 0.1) is 29.5 Å². The lowest BCUT2D eigenvalue weighted by Gasteiger charge is -2.35. The smallest absolute Gasteiger partial charge is 0.253 e. The molecule has 2 amide bonds. The monoisotopic (exact) mass is 458 g/mol. The van der Waals surface area contributed by atoms with Gasteiger partial charge in [-0.3, -0.25) is 14.5 Å². The number of amides is 2. The first-order valence-electron chi connectivity index (χ1n) is 11.5. The fraction of sp³-hybridized carbons (Fsp3) is 0.259. The summed E-state index contributed by atoms with van der Waals surface area (Å²) in [6.45, 7) is 5.04. The van der Waals surface area contributed by atoms with Gasteiger partial charge in [-0.05, 0) is 36.8 Å². The first-order chi connectivity index (χ1) is 16.5. The molecule has 4 rings (SSSR count). The number of anilines is 2. The molecule has 0 saturated carbocycles. The van der Waals surface area contributed by atoms with E-state index in [-0.39, 0.29) is 30.2 Å². The molecule has 1 atom stereocenters. The number of piperazine rings is 1. The second kappa shape index (κ2) is 10.9. The highest BCUT2D eigenvalue weighted by atomic mass is 16.3. The molecule has 176 valence electrons. The normalized spacial score (nSPS) is 14.9. The van der Waals surface area contributed by atoms with Gasteiger partial charge < -0.3 is 20.6 Å². The minimum Gasteiger partial charge on any atom is -0.506 e. The van der Waals surface area contributed by atoms with Crippen LogP contribution < -0.4 is 15.5 Å². The number of phenols is 1. The largest absolute Gasteiger partial charge is 0.506 e. The molecule has 3 N–H and O–H groups in total. The van der Waals surface area contributed by atoms with Crippen LogP contribution in [0.3, 0.4) is 0 Å². The Labute approximate surface area is 200 Å². The van der Waals surface area contributed by atoms with Crippen LogP contribution in [0.2, 0.25) is 0 Å².